The molecule has 0 saturated heterocycles. The van der Waals surface area contributed by atoms with Crippen molar-refractivity contribution in [3.05, 3.63) is 70.8 Å². The zero-order chi connectivity index (χ0) is 31.4. The summed E-state index contributed by atoms with van der Waals surface area (Å²) in [5, 5.41) is 0. The molecule has 44 heavy (non-hydrogen) atoms. The van der Waals surface area contributed by atoms with Gasteiger partial charge >= 0.3 is 0 Å². The fourth-order valence-corrected chi connectivity index (χ4v) is 20.8. The zero-order valence-electron chi connectivity index (χ0n) is 30.0. The summed E-state index contributed by atoms with van der Waals surface area (Å²) in [6.45, 7) is 22.7. The normalized spacial score (nSPS) is 36.0. The van der Waals surface area contributed by atoms with Crippen LogP contribution in [0.25, 0.3) is 0 Å². The molecule has 0 aliphatic heterocycles. The van der Waals surface area contributed by atoms with E-state index >= 15 is 0 Å². The third-order valence-electron chi connectivity index (χ3n) is 14.6. The first-order valence-corrected chi connectivity index (χ1v) is 21.7. The van der Waals surface area contributed by atoms with Gasteiger partial charge in [0.15, 0.2) is 0 Å². The zero-order valence-corrected chi connectivity index (χ0v) is 31.0. The third-order valence-corrected chi connectivity index (χ3v) is 21.8. The van der Waals surface area contributed by atoms with Crippen LogP contribution in [0.3, 0.4) is 0 Å². The van der Waals surface area contributed by atoms with Crippen molar-refractivity contribution in [1.29, 1.82) is 0 Å². The molecular formula is C43H66Si. The summed E-state index contributed by atoms with van der Waals surface area (Å²) in [7, 11) is -1.59. The fourth-order valence-electron chi connectivity index (χ4n) is 12.8. The summed E-state index contributed by atoms with van der Waals surface area (Å²) in [6.07, 6.45) is 11.8. The molecule has 2 aromatic rings. The van der Waals surface area contributed by atoms with E-state index in [-0.39, 0.29) is 5.41 Å². The van der Waals surface area contributed by atoms with Crippen LogP contribution in [0.1, 0.15) is 141 Å². The van der Waals surface area contributed by atoms with Crippen LogP contribution >= 0.6 is 0 Å². The highest BCUT2D eigenvalue weighted by atomic mass is 28.3. The second-order valence-corrected chi connectivity index (χ2v) is 23.1. The lowest BCUT2D eigenvalue weighted by Gasteiger charge is -2.52. The smallest absolute Gasteiger partial charge is 0.0603 e. The van der Waals surface area contributed by atoms with Crippen molar-refractivity contribution in [2.75, 3.05) is 0 Å². The summed E-state index contributed by atoms with van der Waals surface area (Å²) >= 11 is 0. The maximum atomic E-state index is 2.74. The van der Waals surface area contributed by atoms with Crippen LogP contribution in [0.2, 0.25) is 23.2 Å². The van der Waals surface area contributed by atoms with Gasteiger partial charge in [0, 0.05) is 0 Å². The molecule has 10 atom stereocenters. The first-order chi connectivity index (χ1) is 21.0. The molecule has 0 nitrogen and oxygen atoms in total. The highest BCUT2D eigenvalue weighted by Crippen LogP contribution is 2.69. The number of rotatable bonds is 7. The summed E-state index contributed by atoms with van der Waals surface area (Å²) < 4.78 is 0. The van der Waals surface area contributed by atoms with Crippen molar-refractivity contribution in [3.8, 4) is 0 Å². The van der Waals surface area contributed by atoms with Gasteiger partial charge in [-0.05, 0) is 119 Å². The third kappa shape index (κ3) is 5.62. The van der Waals surface area contributed by atoms with Crippen molar-refractivity contribution >= 4 is 8.07 Å². The van der Waals surface area contributed by atoms with E-state index in [0.717, 1.165) is 64.3 Å². The predicted molar refractivity (Wildman–Crippen MR) is 194 cm³/mol. The molecule has 0 radical (unpaired) electrons. The van der Waals surface area contributed by atoms with Gasteiger partial charge in [0.05, 0.1) is 8.07 Å². The van der Waals surface area contributed by atoms with Crippen LogP contribution < -0.4 is 0 Å². The Morgan fingerprint density at radius 3 is 1.68 bits per heavy atom. The Bertz CT molecular complexity index is 1230. The van der Waals surface area contributed by atoms with Crippen LogP contribution in [0, 0.1) is 48.3 Å². The highest BCUT2D eigenvalue weighted by Gasteiger charge is 2.62. The van der Waals surface area contributed by atoms with Crippen LogP contribution in [-0.4, -0.2) is 8.07 Å². The lowest BCUT2D eigenvalue weighted by atomic mass is 9.70. The van der Waals surface area contributed by atoms with E-state index in [0.29, 0.717) is 0 Å². The molecule has 242 valence electrons. The largest absolute Gasteiger partial charge is 0.0678 e. The van der Waals surface area contributed by atoms with Gasteiger partial charge in [0.1, 0.15) is 0 Å². The van der Waals surface area contributed by atoms with Crippen LogP contribution in [0.15, 0.2) is 48.5 Å². The van der Waals surface area contributed by atoms with E-state index < -0.39 is 8.07 Å². The van der Waals surface area contributed by atoms with Gasteiger partial charge in [-0.2, -0.15) is 0 Å². The molecule has 0 N–H and O–H groups in total. The van der Waals surface area contributed by atoms with Gasteiger partial charge in [0.2, 0.25) is 0 Å². The van der Waals surface area contributed by atoms with Gasteiger partial charge in [-0.3, -0.25) is 0 Å². The predicted octanol–water partition coefficient (Wildman–Crippen LogP) is 12.9. The molecule has 4 aliphatic rings. The highest BCUT2D eigenvalue weighted by molar-refractivity contribution is 6.82. The topological polar surface area (TPSA) is 0 Å². The molecule has 2 aromatic carbocycles. The first-order valence-electron chi connectivity index (χ1n) is 19.2. The average molecular weight is 611 g/mol. The molecule has 4 saturated carbocycles. The van der Waals surface area contributed by atoms with Gasteiger partial charge in [0.25, 0.3) is 0 Å². The summed E-state index contributed by atoms with van der Waals surface area (Å²) in [6, 6.07) is 22.8. The van der Waals surface area contributed by atoms with Crippen molar-refractivity contribution in [2.24, 2.45) is 41.4 Å². The van der Waals surface area contributed by atoms with Crippen LogP contribution in [0.5, 0.6) is 0 Å². The number of fused-ring (bicyclic) bond motifs is 2. The molecular weight excluding hydrogens is 545 g/mol. The Labute approximate surface area is 273 Å². The van der Waals surface area contributed by atoms with Crippen molar-refractivity contribution in [1.82, 2.24) is 0 Å². The van der Waals surface area contributed by atoms with Crippen LogP contribution in [-0.2, 0) is 5.41 Å². The number of hydrogen-bond donors (Lipinski definition) is 0. The Balaban J connectivity index is 1.34. The summed E-state index contributed by atoms with van der Waals surface area (Å²) in [5.74, 6) is 8.03. The van der Waals surface area contributed by atoms with Gasteiger partial charge < -0.3 is 0 Å². The first kappa shape index (κ1) is 32.6. The van der Waals surface area contributed by atoms with E-state index in [1.165, 1.54) is 74.6 Å². The summed E-state index contributed by atoms with van der Waals surface area (Å²) in [4.78, 5) is 0. The SMILES string of the molecule is CC[Si](CC)(C1C(C)CC2C(c3ccc(C)cc3)CCCC21)C1C(C(C)C)CC2C(c3ccc(C(C)(C)C)cc3)CCCC21. The number of benzene rings is 2. The van der Waals surface area contributed by atoms with E-state index in [1.54, 1.807) is 11.1 Å². The van der Waals surface area contributed by atoms with Crippen molar-refractivity contribution in [3.63, 3.8) is 0 Å². The minimum absolute atomic E-state index is 0.232. The van der Waals surface area contributed by atoms with Gasteiger partial charge in [-0.1, -0.05) is 147 Å². The number of aryl methyl sites for hydroxylation is 1. The Morgan fingerprint density at radius 1 is 0.682 bits per heavy atom. The second kappa shape index (κ2) is 12.7. The van der Waals surface area contributed by atoms with E-state index in [4.69, 9.17) is 0 Å². The summed E-state index contributed by atoms with van der Waals surface area (Å²) in [5.41, 5.74) is 8.52. The molecule has 0 bridgehead atoms. The lowest BCUT2D eigenvalue weighted by Crippen LogP contribution is -2.51. The van der Waals surface area contributed by atoms with E-state index in [9.17, 15) is 0 Å². The Morgan fingerprint density at radius 2 is 1.18 bits per heavy atom. The minimum atomic E-state index is -1.59. The van der Waals surface area contributed by atoms with E-state index in [2.05, 4.69) is 111 Å². The molecule has 6 rings (SSSR count). The average Bonchev–Trinajstić information content (AvgIpc) is 3.57. The molecule has 0 aromatic heterocycles. The monoisotopic (exact) mass is 610 g/mol. The Kier molecular flexibility index (Phi) is 9.40. The van der Waals surface area contributed by atoms with Crippen molar-refractivity contribution in [2.45, 2.75) is 154 Å². The second-order valence-electron chi connectivity index (χ2n) is 17.9. The quantitative estimate of drug-likeness (QED) is 0.274. The van der Waals surface area contributed by atoms with E-state index in [1.807, 2.05) is 0 Å². The maximum Gasteiger partial charge on any atom is 0.0603 e. The van der Waals surface area contributed by atoms with Gasteiger partial charge in [-0.15, -0.1) is 0 Å². The molecule has 4 fully saturated rings. The van der Waals surface area contributed by atoms with Gasteiger partial charge in [-0.25, -0.2) is 0 Å². The molecule has 10 unspecified atom stereocenters. The number of hydrogen-bond acceptors (Lipinski definition) is 0. The molecule has 0 spiro atoms. The Hall–Kier alpha value is -1.34. The van der Waals surface area contributed by atoms with Crippen molar-refractivity contribution < 1.29 is 0 Å². The minimum Gasteiger partial charge on any atom is -0.0678 e. The standard InChI is InChI=1S/C43H66Si/c1-10-44(11-2,41-30(6)26-39-34(14-12-16-36(39)41)31-20-18-29(5)19-21-31)42-37-17-13-15-35(40(37)27-38(42)28(3)4)32-22-24-33(25-23-32)43(7,8)9/h18-25,28,30,34-42H,10-17,26-27H2,1-9H3. The molecule has 4 aliphatic carbocycles. The lowest BCUT2D eigenvalue weighted by molar-refractivity contribution is 0.225. The molecule has 0 amide bonds. The molecule has 1 heteroatoms. The molecule has 0 heterocycles. The fraction of sp³-hybridized carbons (Fsp3) is 0.721. The van der Waals surface area contributed by atoms with Crippen LogP contribution in [0.4, 0.5) is 0 Å². The maximum absolute atomic E-state index is 2.74.